The average Bonchev–Trinajstić information content (AvgIpc) is 2.65. The Balaban J connectivity index is 1.72. The predicted molar refractivity (Wildman–Crippen MR) is 99.3 cm³/mol. The van der Waals surface area contributed by atoms with Crippen molar-refractivity contribution in [1.82, 2.24) is 9.21 Å². The van der Waals surface area contributed by atoms with Crippen LogP contribution in [0.15, 0.2) is 23.1 Å². The van der Waals surface area contributed by atoms with E-state index >= 15 is 0 Å². The van der Waals surface area contributed by atoms with Crippen molar-refractivity contribution in [3.05, 3.63) is 29.6 Å². The van der Waals surface area contributed by atoms with Crippen molar-refractivity contribution in [3.8, 4) is 0 Å². The van der Waals surface area contributed by atoms with Crippen LogP contribution in [-0.4, -0.2) is 61.9 Å². The molecule has 0 unspecified atom stereocenters. The summed E-state index contributed by atoms with van der Waals surface area (Å²) in [4.78, 5) is 14.2. The summed E-state index contributed by atoms with van der Waals surface area (Å²) in [5, 5.41) is 0. The molecule has 0 saturated carbocycles. The summed E-state index contributed by atoms with van der Waals surface area (Å²) in [6.07, 6.45) is 2.82. The number of benzene rings is 1. The summed E-state index contributed by atoms with van der Waals surface area (Å²) in [5.74, 6) is -0.527. The Labute approximate surface area is 160 Å². The maximum atomic E-state index is 13.6. The van der Waals surface area contributed by atoms with E-state index < -0.39 is 15.8 Å². The number of sulfonamides is 1. The molecule has 0 aliphatic carbocycles. The van der Waals surface area contributed by atoms with Gasteiger partial charge < -0.3 is 9.64 Å². The summed E-state index contributed by atoms with van der Waals surface area (Å²) >= 11 is 0. The Hall–Kier alpha value is -1.51. The zero-order chi connectivity index (χ0) is 19.6. The molecule has 1 aromatic carbocycles. The Morgan fingerprint density at radius 2 is 1.74 bits per heavy atom. The highest BCUT2D eigenvalue weighted by molar-refractivity contribution is 7.89. The second kappa shape index (κ2) is 8.24. The molecule has 0 N–H and O–H groups in total. The maximum Gasteiger partial charge on any atom is 0.243 e. The van der Waals surface area contributed by atoms with Crippen molar-refractivity contribution in [2.45, 2.75) is 56.5 Å². The SMILES string of the molecule is CC(=O)N(C1CCOCC1)C1CCN(S(=O)(=O)c2cc(F)ccc2C)CC1. The first-order valence-electron chi connectivity index (χ1n) is 9.43. The number of rotatable bonds is 4. The van der Waals surface area contributed by atoms with Crippen LogP contribution in [0.3, 0.4) is 0 Å². The molecule has 2 saturated heterocycles. The Kier molecular flexibility index (Phi) is 6.18. The fourth-order valence-electron chi connectivity index (χ4n) is 4.13. The Bertz CT molecular complexity index is 785. The fourth-order valence-corrected chi connectivity index (χ4v) is 5.83. The molecule has 0 aromatic heterocycles. The first-order valence-corrected chi connectivity index (χ1v) is 10.9. The van der Waals surface area contributed by atoms with Crippen LogP contribution in [0.1, 0.15) is 38.2 Å². The van der Waals surface area contributed by atoms with Gasteiger partial charge in [0, 0.05) is 45.3 Å². The lowest BCUT2D eigenvalue weighted by Crippen LogP contribution is -2.53. The van der Waals surface area contributed by atoms with Gasteiger partial charge in [0.05, 0.1) is 4.90 Å². The number of carbonyl (C=O) groups excluding carboxylic acids is 1. The van der Waals surface area contributed by atoms with E-state index in [1.165, 1.54) is 16.4 Å². The van der Waals surface area contributed by atoms with Gasteiger partial charge in [0.2, 0.25) is 15.9 Å². The Morgan fingerprint density at radius 3 is 2.33 bits per heavy atom. The highest BCUT2D eigenvalue weighted by atomic mass is 32.2. The monoisotopic (exact) mass is 398 g/mol. The van der Waals surface area contributed by atoms with Crippen molar-refractivity contribution < 1.29 is 22.3 Å². The number of nitrogens with zero attached hydrogens (tertiary/aromatic N) is 2. The summed E-state index contributed by atoms with van der Waals surface area (Å²) in [6.45, 7) is 5.21. The van der Waals surface area contributed by atoms with E-state index in [9.17, 15) is 17.6 Å². The van der Waals surface area contributed by atoms with E-state index in [1.807, 2.05) is 4.90 Å². The lowest BCUT2D eigenvalue weighted by molar-refractivity contribution is -0.137. The van der Waals surface area contributed by atoms with Crippen LogP contribution in [0, 0.1) is 12.7 Å². The van der Waals surface area contributed by atoms with Crippen LogP contribution in [0.25, 0.3) is 0 Å². The van der Waals surface area contributed by atoms with E-state index in [-0.39, 0.29) is 22.9 Å². The molecule has 2 aliphatic rings. The number of amides is 1. The molecule has 3 rings (SSSR count). The number of carbonyl (C=O) groups is 1. The van der Waals surface area contributed by atoms with E-state index in [0.717, 1.165) is 18.9 Å². The third-order valence-electron chi connectivity index (χ3n) is 5.53. The quantitative estimate of drug-likeness (QED) is 0.781. The van der Waals surface area contributed by atoms with Crippen LogP contribution in [-0.2, 0) is 19.6 Å². The molecule has 1 aromatic rings. The van der Waals surface area contributed by atoms with Gasteiger partial charge >= 0.3 is 0 Å². The van der Waals surface area contributed by atoms with Gasteiger partial charge in [-0.25, -0.2) is 12.8 Å². The molecule has 0 spiro atoms. The lowest BCUT2D eigenvalue weighted by atomic mass is 9.99. The molecule has 2 fully saturated rings. The number of hydrogen-bond donors (Lipinski definition) is 0. The minimum Gasteiger partial charge on any atom is -0.381 e. The highest BCUT2D eigenvalue weighted by Gasteiger charge is 2.36. The van der Waals surface area contributed by atoms with Gasteiger partial charge in [-0.2, -0.15) is 4.31 Å². The van der Waals surface area contributed by atoms with Crippen molar-refractivity contribution >= 4 is 15.9 Å². The smallest absolute Gasteiger partial charge is 0.243 e. The van der Waals surface area contributed by atoms with Gasteiger partial charge in [0.25, 0.3) is 0 Å². The zero-order valence-electron chi connectivity index (χ0n) is 15.9. The molecule has 0 bridgehead atoms. The van der Waals surface area contributed by atoms with E-state index in [2.05, 4.69) is 0 Å². The van der Waals surface area contributed by atoms with Crippen LogP contribution >= 0.6 is 0 Å². The lowest BCUT2D eigenvalue weighted by Gasteiger charge is -2.43. The predicted octanol–water partition coefficient (Wildman–Crippen LogP) is 2.31. The fraction of sp³-hybridized carbons (Fsp3) is 0.632. The van der Waals surface area contributed by atoms with Gasteiger partial charge in [0.1, 0.15) is 5.82 Å². The molecule has 2 heterocycles. The minimum absolute atomic E-state index is 0.0220. The maximum absolute atomic E-state index is 13.6. The molecule has 6 nitrogen and oxygen atoms in total. The summed E-state index contributed by atoms with van der Waals surface area (Å²) in [6, 6.07) is 4.03. The van der Waals surface area contributed by atoms with Crippen molar-refractivity contribution in [3.63, 3.8) is 0 Å². The third-order valence-corrected chi connectivity index (χ3v) is 7.57. The molecule has 27 heavy (non-hydrogen) atoms. The third kappa shape index (κ3) is 4.33. The standard InChI is InChI=1S/C19H27FN2O4S/c1-14-3-4-16(20)13-19(14)27(24,25)21-9-5-17(6-10-21)22(15(2)23)18-7-11-26-12-8-18/h3-4,13,17-18H,5-12H2,1-2H3. The second-order valence-electron chi connectivity index (χ2n) is 7.31. The van der Waals surface area contributed by atoms with E-state index in [1.54, 1.807) is 13.8 Å². The first-order chi connectivity index (χ1) is 12.8. The summed E-state index contributed by atoms with van der Waals surface area (Å²) in [7, 11) is -3.74. The number of hydrogen-bond acceptors (Lipinski definition) is 4. The zero-order valence-corrected chi connectivity index (χ0v) is 16.7. The normalized spacial score (nSPS) is 20.6. The summed E-state index contributed by atoms with van der Waals surface area (Å²) in [5.41, 5.74) is 0.533. The van der Waals surface area contributed by atoms with Gasteiger partial charge in [-0.15, -0.1) is 0 Å². The van der Waals surface area contributed by atoms with Crippen LogP contribution < -0.4 is 0 Å². The first kappa shape index (κ1) is 20.2. The number of piperidine rings is 1. The van der Waals surface area contributed by atoms with Crippen molar-refractivity contribution in [2.75, 3.05) is 26.3 Å². The van der Waals surface area contributed by atoms with Crippen molar-refractivity contribution in [2.24, 2.45) is 0 Å². The largest absolute Gasteiger partial charge is 0.381 e. The molecular formula is C19H27FN2O4S. The van der Waals surface area contributed by atoms with Crippen molar-refractivity contribution in [1.29, 1.82) is 0 Å². The number of ether oxygens (including phenoxy) is 1. The Morgan fingerprint density at radius 1 is 1.15 bits per heavy atom. The molecule has 0 atom stereocenters. The molecule has 2 aliphatic heterocycles. The van der Waals surface area contributed by atoms with Gasteiger partial charge in [-0.1, -0.05) is 6.07 Å². The highest BCUT2D eigenvalue weighted by Crippen LogP contribution is 2.28. The second-order valence-corrected chi connectivity index (χ2v) is 9.22. The molecule has 8 heteroatoms. The van der Waals surface area contributed by atoms with Crippen LogP contribution in [0.5, 0.6) is 0 Å². The summed E-state index contributed by atoms with van der Waals surface area (Å²) < 4.78 is 46.2. The molecule has 0 radical (unpaired) electrons. The number of halogens is 1. The average molecular weight is 399 g/mol. The molecule has 1 amide bonds. The van der Waals surface area contributed by atoms with E-state index in [0.29, 0.717) is 44.7 Å². The van der Waals surface area contributed by atoms with Gasteiger partial charge in [0.15, 0.2) is 0 Å². The van der Waals surface area contributed by atoms with Crippen LogP contribution in [0.2, 0.25) is 0 Å². The number of aryl methyl sites for hydroxylation is 1. The van der Waals surface area contributed by atoms with Gasteiger partial charge in [-0.3, -0.25) is 4.79 Å². The van der Waals surface area contributed by atoms with Crippen LogP contribution in [0.4, 0.5) is 4.39 Å². The molecule has 150 valence electrons. The van der Waals surface area contributed by atoms with E-state index in [4.69, 9.17) is 4.74 Å². The topological polar surface area (TPSA) is 66.9 Å². The van der Waals surface area contributed by atoms with Gasteiger partial charge in [-0.05, 0) is 50.3 Å². The molecular weight excluding hydrogens is 371 g/mol. The minimum atomic E-state index is -3.74.